The normalized spacial score (nSPS) is 11.6. The number of nitrogens with one attached hydrogen (secondary N) is 2. The Morgan fingerprint density at radius 1 is 0.861 bits per heavy atom. The molecule has 8 heteroatoms. The summed E-state index contributed by atoms with van der Waals surface area (Å²) >= 11 is -2.31. The average Bonchev–Trinajstić information content (AvgIpc) is 2.90. The average molecular weight is 500 g/mol. The number of anilines is 2. The van der Waals surface area contributed by atoms with Crippen LogP contribution in [0, 0.1) is 0 Å². The van der Waals surface area contributed by atoms with E-state index in [4.69, 9.17) is 5.73 Å². The number of nitrogens with zero attached hydrogens (tertiary/aromatic N) is 1. The molecule has 4 N–H and O–H groups in total. The Bertz CT molecular complexity index is 1330. The summed E-state index contributed by atoms with van der Waals surface area (Å²) < 4.78 is 23.3. The number of nitrogens with two attached hydrogens (primary N) is 1. The van der Waals surface area contributed by atoms with E-state index in [1.807, 2.05) is 84.9 Å². The lowest BCUT2D eigenvalue weighted by molar-refractivity contribution is 0.254. The fourth-order valence-corrected chi connectivity index (χ4v) is 4.40. The SMILES string of the molecule is NCc1ccccc1NC(=O)N(NCc1ccccc1)c1ccc(-c2ccccc2)c(CS(=O)[O-])c1. The Morgan fingerprint density at radius 3 is 2.22 bits per heavy atom. The molecule has 0 saturated carbocycles. The quantitative estimate of drug-likeness (QED) is 0.223. The maximum Gasteiger partial charge on any atom is 0.340 e. The zero-order valence-electron chi connectivity index (χ0n) is 19.6. The summed E-state index contributed by atoms with van der Waals surface area (Å²) in [6.45, 7) is 0.662. The van der Waals surface area contributed by atoms with Crippen molar-refractivity contribution >= 4 is 28.5 Å². The lowest BCUT2D eigenvalue weighted by Crippen LogP contribution is -2.45. The molecular weight excluding hydrogens is 472 g/mol. The molecule has 0 heterocycles. The third-order valence-corrected chi connectivity index (χ3v) is 6.22. The van der Waals surface area contributed by atoms with Crippen LogP contribution in [0.1, 0.15) is 16.7 Å². The maximum atomic E-state index is 13.5. The molecule has 0 bridgehead atoms. The molecule has 1 unspecified atom stereocenters. The monoisotopic (exact) mass is 499 g/mol. The van der Waals surface area contributed by atoms with Crippen LogP contribution in [-0.2, 0) is 29.9 Å². The van der Waals surface area contributed by atoms with Gasteiger partial charge >= 0.3 is 6.03 Å². The second-order valence-electron chi connectivity index (χ2n) is 8.10. The first-order valence-corrected chi connectivity index (χ1v) is 12.7. The number of rotatable bonds is 9. The van der Waals surface area contributed by atoms with E-state index in [-0.39, 0.29) is 12.3 Å². The van der Waals surface area contributed by atoms with Crippen LogP contribution < -0.4 is 21.5 Å². The van der Waals surface area contributed by atoms with E-state index in [2.05, 4.69) is 10.7 Å². The molecule has 0 radical (unpaired) electrons. The van der Waals surface area contributed by atoms with Crippen LogP contribution in [0.15, 0.2) is 103 Å². The fourth-order valence-electron chi connectivity index (χ4n) is 3.90. The molecule has 184 valence electrons. The van der Waals surface area contributed by atoms with Crippen LogP contribution >= 0.6 is 0 Å². The van der Waals surface area contributed by atoms with Gasteiger partial charge in [0, 0.05) is 24.5 Å². The zero-order valence-corrected chi connectivity index (χ0v) is 20.4. The van der Waals surface area contributed by atoms with Gasteiger partial charge in [0.05, 0.1) is 5.69 Å². The lowest BCUT2D eigenvalue weighted by atomic mass is 10.00. The highest BCUT2D eigenvalue weighted by Gasteiger charge is 2.19. The highest BCUT2D eigenvalue weighted by Crippen LogP contribution is 2.29. The molecule has 2 amide bonds. The summed E-state index contributed by atoms with van der Waals surface area (Å²) in [6.07, 6.45) is 0. The number of carbonyl (C=O) groups is 1. The summed E-state index contributed by atoms with van der Waals surface area (Å²) in [5.41, 5.74) is 14.2. The van der Waals surface area contributed by atoms with Crippen molar-refractivity contribution in [3.8, 4) is 11.1 Å². The van der Waals surface area contributed by atoms with Crippen molar-refractivity contribution < 1.29 is 13.6 Å². The van der Waals surface area contributed by atoms with Crippen LogP contribution in [0.4, 0.5) is 16.2 Å². The van der Waals surface area contributed by atoms with Crippen LogP contribution in [0.5, 0.6) is 0 Å². The first-order chi connectivity index (χ1) is 17.5. The number of hydrazine groups is 1. The topological polar surface area (TPSA) is 111 Å². The van der Waals surface area contributed by atoms with Gasteiger partial charge in [0.2, 0.25) is 0 Å². The first-order valence-electron chi connectivity index (χ1n) is 11.5. The maximum absolute atomic E-state index is 13.5. The van der Waals surface area contributed by atoms with Crippen molar-refractivity contribution in [1.82, 2.24) is 5.43 Å². The van der Waals surface area contributed by atoms with E-state index in [1.165, 1.54) is 5.01 Å². The van der Waals surface area contributed by atoms with E-state index in [9.17, 15) is 13.6 Å². The molecule has 0 aliphatic heterocycles. The summed E-state index contributed by atoms with van der Waals surface area (Å²) in [6, 6.07) is 31.5. The number of amides is 2. The van der Waals surface area contributed by atoms with Crippen molar-refractivity contribution in [2.45, 2.75) is 18.8 Å². The Morgan fingerprint density at radius 2 is 1.53 bits per heavy atom. The number of urea groups is 1. The smallest absolute Gasteiger partial charge is 0.340 e. The molecule has 0 aliphatic rings. The van der Waals surface area contributed by atoms with Gasteiger partial charge in [-0.2, -0.15) is 0 Å². The van der Waals surface area contributed by atoms with E-state index >= 15 is 0 Å². The molecule has 1 atom stereocenters. The number of carbonyl (C=O) groups excluding carboxylic acids is 1. The van der Waals surface area contributed by atoms with Gasteiger partial charge in [0.25, 0.3) is 0 Å². The van der Waals surface area contributed by atoms with Crippen molar-refractivity contribution in [3.05, 3.63) is 120 Å². The van der Waals surface area contributed by atoms with E-state index in [0.29, 0.717) is 23.5 Å². The summed E-state index contributed by atoms with van der Waals surface area (Å²) in [7, 11) is 0. The van der Waals surface area contributed by atoms with Crippen molar-refractivity contribution in [3.63, 3.8) is 0 Å². The highest BCUT2D eigenvalue weighted by molar-refractivity contribution is 7.78. The van der Waals surface area contributed by atoms with E-state index in [1.54, 1.807) is 18.2 Å². The molecular formula is C28H27N4O3S-. The summed E-state index contributed by atoms with van der Waals surface area (Å²) in [4.78, 5) is 13.5. The standard InChI is InChI=1S/C28H28N4O3S/c29-18-23-13-7-8-14-27(23)31-28(33)32(30-19-21-9-3-1-4-10-21)25-15-16-26(22-11-5-2-6-12-22)24(17-25)20-36(34)35/h1-17,30H,18-20,29H2,(H,31,33)(H,34,35)/p-1. The van der Waals surface area contributed by atoms with Crippen LogP contribution in [0.3, 0.4) is 0 Å². The Balaban J connectivity index is 1.70. The zero-order chi connectivity index (χ0) is 25.3. The van der Waals surface area contributed by atoms with Gasteiger partial charge < -0.3 is 15.6 Å². The molecule has 7 nitrogen and oxygen atoms in total. The largest absolute Gasteiger partial charge is 0.772 e. The molecule has 0 aromatic heterocycles. The number of hydrogen-bond donors (Lipinski definition) is 3. The molecule has 36 heavy (non-hydrogen) atoms. The Hall–Kier alpha value is -3.82. The van der Waals surface area contributed by atoms with Gasteiger partial charge in [0.1, 0.15) is 0 Å². The van der Waals surface area contributed by atoms with Crippen LogP contribution in [0.25, 0.3) is 11.1 Å². The van der Waals surface area contributed by atoms with Crippen molar-refractivity contribution in [1.29, 1.82) is 0 Å². The van der Waals surface area contributed by atoms with E-state index < -0.39 is 17.1 Å². The fraction of sp³-hybridized carbons (Fsp3) is 0.107. The number of hydrogen-bond acceptors (Lipinski definition) is 5. The van der Waals surface area contributed by atoms with Gasteiger partial charge in [-0.3, -0.25) is 4.21 Å². The van der Waals surface area contributed by atoms with E-state index in [0.717, 1.165) is 22.3 Å². The predicted molar refractivity (Wildman–Crippen MR) is 144 cm³/mol. The molecule has 0 saturated heterocycles. The second-order valence-corrected chi connectivity index (χ2v) is 9.00. The Labute approximate surface area is 213 Å². The minimum absolute atomic E-state index is 0.178. The Kier molecular flexibility index (Phi) is 8.59. The molecule has 4 aromatic rings. The minimum atomic E-state index is -2.31. The molecule has 0 fully saturated rings. The highest BCUT2D eigenvalue weighted by atomic mass is 32.2. The van der Waals surface area contributed by atoms with Gasteiger partial charge in [-0.05, 0) is 46.0 Å². The first kappa shape index (κ1) is 25.3. The summed E-state index contributed by atoms with van der Waals surface area (Å²) in [5, 5.41) is 4.32. The third kappa shape index (κ3) is 6.44. The van der Waals surface area contributed by atoms with Gasteiger partial charge in [-0.25, -0.2) is 15.2 Å². The molecule has 4 aromatic carbocycles. The lowest BCUT2D eigenvalue weighted by Gasteiger charge is -2.26. The van der Waals surface area contributed by atoms with Crippen molar-refractivity contribution in [2.75, 3.05) is 10.3 Å². The minimum Gasteiger partial charge on any atom is -0.772 e. The predicted octanol–water partition coefficient (Wildman–Crippen LogP) is 4.93. The van der Waals surface area contributed by atoms with Gasteiger partial charge in [-0.15, -0.1) is 0 Å². The molecule has 0 spiro atoms. The number of benzene rings is 4. The molecule has 0 aliphatic carbocycles. The third-order valence-electron chi connectivity index (χ3n) is 5.67. The number of para-hydroxylation sites is 1. The van der Waals surface area contributed by atoms with Gasteiger partial charge in [0.15, 0.2) is 0 Å². The second kappa shape index (κ2) is 12.2. The van der Waals surface area contributed by atoms with Crippen LogP contribution in [0.2, 0.25) is 0 Å². The summed E-state index contributed by atoms with van der Waals surface area (Å²) in [5.74, 6) is -0.178. The van der Waals surface area contributed by atoms with Crippen molar-refractivity contribution in [2.24, 2.45) is 5.73 Å². The van der Waals surface area contributed by atoms with Crippen LogP contribution in [-0.4, -0.2) is 14.8 Å². The van der Waals surface area contributed by atoms with Gasteiger partial charge in [-0.1, -0.05) is 96.0 Å². The molecule has 4 rings (SSSR count).